The molecule has 0 aromatic rings. The van der Waals surface area contributed by atoms with Crippen LogP contribution >= 0.6 is 0 Å². The summed E-state index contributed by atoms with van der Waals surface area (Å²) in [5.41, 5.74) is 0. The Kier molecular flexibility index (Phi) is 5.68. The van der Waals surface area contributed by atoms with E-state index in [4.69, 9.17) is 9.47 Å². The van der Waals surface area contributed by atoms with Gasteiger partial charge in [0, 0.05) is 7.11 Å². The lowest BCUT2D eigenvalue weighted by Gasteiger charge is -2.25. The predicted molar refractivity (Wildman–Crippen MR) is 74.9 cm³/mol. The first-order valence-electron chi connectivity index (χ1n) is 7.94. The van der Waals surface area contributed by atoms with Crippen LogP contribution in [0.1, 0.15) is 64.7 Å². The molecule has 2 aliphatic rings. The van der Waals surface area contributed by atoms with Gasteiger partial charge in [0.05, 0.1) is 12.0 Å². The van der Waals surface area contributed by atoms with Gasteiger partial charge in [0.15, 0.2) is 0 Å². The van der Waals surface area contributed by atoms with Crippen molar-refractivity contribution in [3.05, 3.63) is 0 Å². The number of rotatable bonds is 5. The molecule has 2 fully saturated rings. The van der Waals surface area contributed by atoms with Gasteiger partial charge in [-0.1, -0.05) is 39.0 Å². The van der Waals surface area contributed by atoms with Gasteiger partial charge in [0.1, 0.15) is 6.10 Å². The highest BCUT2D eigenvalue weighted by molar-refractivity contribution is 5.72. The molecule has 0 radical (unpaired) electrons. The average Bonchev–Trinajstić information content (AvgIpc) is 2.87. The normalized spacial score (nSPS) is 30.2. The van der Waals surface area contributed by atoms with Crippen LogP contribution in [0.3, 0.4) is 0 Å². The molecule has 3 nitrogen and oxygen atoms in total. The molecule has 0 aromatic carbocycles. The zero-order valence-electron chi connectivity index (χ0n) is 12.4. The molecule has 0 spiro atoms. The number of hydrogen-bond donors (Lipinski definition) is 0. The van der Waals surface area contributed by atoms with E-state index in [2.05, 4.69) is 0 Å². The van der Waals surface area contributed by atoms with E-state index in [9.17, 15) is 4.79 Å². The molecule has 2 aliphatic carbocycles. The Bertz CT molecular complexity index is 284. The van der Waals surface area contributed by atoms with Crippen LogP contribution in [0.15, 0.2) is 0 Å². The van der Waals surface area contributed by atoms with Gasteiger partial charge in [-0.25, -0.2) is 0 Å². The quantitative estimate of drug-likeness (QED) is 0.713. The Morgan fingerprint density at radius 2 is 1.74 bits per heavy atom. The summed E-state index contributed by atoms with van der Waals surface area (Å²) >= 11 is 0. The number of methoxy groups -OCH3 is 1. The topological polar surface area (TPSA) is 35.5 Å². The molecule has 0 amide bonds. The van der Waals surface area contributed by atoms with E-state index in [0.29, 0.717) is 0 Å². The Morgan fingerprint density at radius 3 is 2.42 bits per heavy atom. The zero-order chi connectivity index (χ0) is 13.7. The van der Waals surface area contributed by atoms with Crippen LogP contribution in [0.5, 0.6) is 0 Å². The van der Waals surface area contributed by atoms with Gasteiger partial charge in [-0.2, -0.15) is 0 Å². The predicted octanol–water partition coefficient (Wildman–Crippen LogP) is 3.70. The van der Waals surface area contributed by atoms with E-state index in [1.165, 1.54) is 32.1 Å². The standard InChI is InChI=1S/C16H28O3/c1-12(11-13-7-4-3-5-8-13)16(17)19-15-10-6-9-14(15)18-2/h12-15H,3-11H2,1-2H3. The van der Waals surface area contributed by atoms with E-state index >= 15 is 0 Å². The first-order valence-corrected chi connectivity index (χ1v) is 7.94. The smallest absolute Gasteiger partial charge is 0.309 e. The number of esters is 1. The fourth-order valence-electron chi connectivity index (χ4n) is 3.58. The molecule has 0 saturated heterocycles. The molecule has 3 unspecified atom stereocenters. The number of carbonyl (C=O) groups is 1. The minimum atomic E-state index is -0.0143. The third kappa shape index (κ3) is 4.20. The maximum Gasteiger partial charge on any atom is 0.309 e. The molecule has 19 heavy (non-hydrogen) atoms. The number of hydrogen-bond acceptors (Lipinski definition) is 3. The molecule has 0 heterocycles. The van der Waals surface area contributed by atoms with Crippen molar-refractivity contribution in [2.75, 3.05) is 7.11 Å². The molecule has 0 aliphatic heterocycles. The molecule has 110 valence electrons. The van der Waals surface area contributed by atoms with Crippen molar-refractivity contribution in [3.8, 4) is 0 Å². The van der Waals surface area contributed by atoms with Crippen LogP contribution in [0.25, 0.3) is 0 Å². The molecule has 0 aromatic heterocycles. The highest BCUT2D eigenvalue weighted by Crippen LogP contribution is 2.30. The van der Waals surface area contributed by atoms with E-state index in [1.54, 1.807) is 7.11 Å². The lowest BCUT2D eigenvalue weighted by Crippen LogP contribution is -2.30. The Morgan fingerprint density at radius 1 is 1.05 bits per heavy atom. The summed E-state index contributed by atoms with van der Waals surface area (Å²) in [5.74, 6) is 0.763. The second-order valence-electron chi connectivity index (χ2n) is 6.32. The van der Waals surface area contributed by atoms with E-state index < -0.39 is 0 Å². The van der Waals surface area contributed by atoms with E-state index in [0.717, 1.165) is 31.6 Å². The summed E-state index contributed by atoms with van der Waals surface area (Å²) in [7, 11) is 1.71. The summed E-state index contributed by atoms with van der Waals surface area (Å²) in [6.45, 7) is 2.02. The van der Waals surface area contributed by atoms with E-state index in [-0.39, 0.29) is 24.1 Å². The number of ether oxygens (including phenoxy) is 2. The summed E-state index contributed by atoms with van der Waals surface area (Å²) in [4.78, 5) is 12.2. The lowest BCUT2D eigenvalue weighted by molar-refractivity contribution is -0.159. The van der Waals surface area contributed by atoms with Gasteiger partial charge in [-0.15, -0.1) is 0 Å². The number of carbonyl (C=O) groups excluding carboxylic acids is 1. The van der Waals surface area contributed by atoms with Gasteiger partial charge in [0.2, 0.25) is 0 Å². The largest absolute Gasteiger partial charge is 0.459 e. The van der Waals surface area contributed by atoms with Gasteiger partial charge in [-0.3, -0.25) is 4.79 Å². The maximum atomic E-state index is 12.2. The van der Waals surface area contributed by atoms with Crippen LogP contribution in [-0.2, 0) is 14.3 Å². The van der Waals surface area contributed by atoms with Crippen molar-refractivity contribution in [3.63, 3.8) is 0 Å². The average molecular weight is 268 g/mol. The summed E-state index contributed by atoms with van der Waals surface area (Å²) < 4.78 is 11.0. The van der Waals surface area contributed by atoms with Gasteiger partial charge in [-0.05, 0) is 31.6 Å². The van der Waals surface area contributed by atoms with Gasteiger partial charge < -0.3 is 9.47 Å². The second-order valence-corrected chi connectivity index (χ2v) is 6.32. The van der Waals surface area contributed by atoms with Gasteiger partial charge in [0.25, 0.3) is 0 Å². The molecule has 3 heteroatoms. The van der Waals surface area contributed by atoms with Crippen molar-refractivity contribution in [1.82, 2.24) is 0 Å². The lowest BCUT2D eigenvalue weighted by atomic mass is 9.83. The first-order chi connectivity index (χ1) is 9.20. The van der Waals surface area contributed by atoms with Crippen molar-refractivity contribution < 1.29 is 14.3 Å². The molecule has 2 saturated carbocycles. The molecular formula is C16H28O3. The summed E-state index contributed by atoms with van der Waals surface area (Å²) in [6.07, 6.45) is 10.8. The molecule has 0 bridgehead atoms. The Balaban J connectivity index is 1.75. The van der Waals surface area contributed by atoms with Crippen LogP contribution in [-0.4, -0.2) is 25.3 Å². The minimum Gasteiger partial charge on any atom is -0.459 e. The minimum absolute atomic E-state index is 0.00805. The Hall–Kier alpha value is -0.570. The first kappa shape index (κ1) is 14.8. The SMILES string of the molecule is COC1CCCC1OC(=O)C(C)CC1CCCCC1. The third-order valence-electron chi connectivity index (χ3n) is 4.78. The third-order valence-corrected chi connectivity index (χ3v) is 4.78. The van der Waals surface area contributed by atoms with Crippen LogP contribution in [0.4, 0.5) is 0 Å². The monoisotopic (exact) mass is 268 g/mol. The van der Waals surface area contributed by atoms with Crippen molar-refractivity contribution in [1.29, 1.82) is 0 Å². The van der Waals surface area contributed by atoms with Crippen LogP contribution in [0.2, 0.25) is 0 Å². The van der Waals surface area contributed by atoms with Crippen LogP contribution in [0, 0.1) is 11.8 Å². The molecular weight excluding hydrogens is 240 g/mol. The highest BCUT2D eigenvalue weighted by atomic mass is 16.6. The summed E-state index contributed by atoms with van der Waals surface area (Å²) in [5, 5.41) is 0. The van der Waals surface area contributed by atoms with Crippen molar-refractivity contribution >= 4 is 5.97 Å². The maximum absolute atomic E-state index is 12.2. The fourth-order valence-corrected chi connectivity index (χ4v) is 3.58. The van der Waals surface area contributed by atoms with Crippen molar-refractivity contribution in [2.45, 2.75) is 76.9 Å². The van der Waals surface area contributed by atoms with Crippen molar-refractivity contribution in [2.24, 2.45) is 11.8 Å². The van der Waals surface area contributed by atoms with E-state index in [1.807, 2.05) is 6.92 Å². The second kappa shape index (κ2) is 7.28. The van der Waals surface area contributed by atoms with Gasteiger partial charge >= 0.3 is 5.97 Å². The molecule has 2 rings (SSSR count). The molecule has 0 N–H and O–H groups in total. The fraction of sp³-hybridized carbons (Fsp3) is 0.938. The zero-order valence-corrected chi connectivity index (χ0v) is 12.4. The molecule has 3 atom stereocenters. The Labute approximate surface area is 117 Å². The summed E-state index contributed by atoms with van der Waals surface area (Å²) in [6, 6.07) is 0. The highest BCUT2D eigenvalue weighted by Gasteiger charge is 2.32. The van der Waals surface area contributed by atoms with Crippen LogP contribution < -0.4 is 0 Å².